The molecule has 0 radical (unpaired) electrons. The minimum absolute atomic E-state index is 0.0648. The van der Waals surface area contributed by atoms with E-state index in [1.807, 2.05) is 0 Å². The topological polar surface area (TPSA) is 117 Å². The number of rotatable bonds is 0. The quantitative estimate of drug-likeness (QED) is 0.459. The van der Waals surface area contributed by atoms with E-state index in [9.17, 15) is 22.4 Å². The fraction of sp³-hybridized carbons (Fsp3) is 0.565. The molecule has 34 heavy (non-hydrogen) atoms. The molecule has 2 bridgehead atoms. The van der Waals surface area contributed by atoms with Gasteiger partial charge in [-0.15, -0.1) is 0 Å². The summed E-state index contributed by atoms with van der Waals surface area (Å²) in [5.74, 6) is -1.40. The predicted molar refractivity (Wildman–Crippen MR) is 123 cm³/mol. The second-order valence-corrected chi connectivity index (χ2v) is 10.8. The molecule has 2 amide bonds. The zero-order valence-corrected chi connectivity index (χ0v) is 19.8. The molecule has 11 heteroatoms. The SMILES string of the molecule is O=C1c2ccc(F)c(c2)S(=O)(=O)NC/C=C/COCC2(CCNC2)C(=O)NCC2CCCCN12. The van der Waals surface area contributed by atoms with E-state index >= 15 is 0 Å². The smallest absolute Gasteiger partial charge is 0.254 e. The third kappa shape index (κ3) is 5.32. The highest BCUT2D eigenvalue weighted by Gasteiger charge is 2.42. The summed E-state index contributed by atoms with van der Waals surface area (Å²) in [5, 5.41) is 6.26. The number of hydrogen-bond acceptors (Lipinski definition) is 6. The highest BCUT2D eigenvalue weighted by Crippen LogP contribution is 2.27. The number of piperidine rings is 1. The third-order valence-electron chi connectivity index (χ3n) is 6.73. The van der Waals surface area contributed by atoms with Gasteiger partial charge < -0.3 is 20.3 Å². The Balaban J connectivity index is 1.64. The van der Waals surface area contributed by atoms with Crippen molar-refractivity contribution in [1.29, 1.82) is 0 Å². The first kappa shape index (κ1) is 24.8. The number of halogens is 1. The van der Waals surface area contributed by atoms with E-state index in [0.29, 0.717) is 32.5 Å². The number of amides is 2. The summed E-state index contributed by atoms with van der Waals surface area (Å²) in [6.45, 7) is 2.38. The van der Waals surface area contributed by atoms with Gasteiger partial charge in [-0.25, -0.2) is 17.5 Å². The van der Waals surface area contributed by atoms with Gasteiger partial charge in [0.15, 0.2) is 0 Å². The van der Waals surface area contributed by atoms with Crippen molar-refractivity contribution in [2.24, 2.45) is 5.41 Å². The summed E-state index contributed by atoms with van der Waals surface area (Å²) >= 11 is 0. The third-order valence-corrected chi connectivity index (χ3v) is 8.17. The van der Waals surface area contributed by atoms with Crippen molar-refractivity contribution in [3.63, 3.8) is 0 Å². The molecule has 3 heterocycles. The largest absolute Gasteiger partial charge is 0.376 e. The molecule has 3 N–H and O–H groups in total. The lowest BCUT2D eigenvalue weighted by molar-refractivity contribution is -0.133. The molecule has 1 spiro atoms. The van der Waals surface area contributed by atoms with Crippen LogP contribution < -0.4 is 15.4 Å². The zero-order valence-electron chi connectivity index (χ0n) is 19.0. The molecule has 0 aromatic heterocycles. The van der Waals surface area contributed by atoms with Crippen molar-refractivity contribution < 1.29 is 27.1 Å². The fourth-order valence-corrected chi connectivity index (χ4v) is 5.80. The molecule has 3 aliphatic rings. The number of nitrogens with one attached hydrogen (secondary N) is 3. The van der Waals surface area contributed by atoms with Gasteiger partial charge in [0.1, 0.15) is 10.7 Å². The van der Waals surface area contributed by atoms with Gasteiger partial charge in [-0.05, 0) is 50.4 Å². The van der Waals surface area contributed by atoms with Gasteiger partial charge in [0.25, 0.3) is 5.91 Å². The lowest BCUT2D eigenvalue weighted by atomic mass is 9.86. The van der Waals surface area contributed by atoms with Crippen LogP contribution in [0.2, 0.25) is 0 Å². The Hall–Kier alpha value is -2.34. The van der Waals surface area contributed by atoms with Crippen molar-refractivity contribution in [2.45, 2.75) is 36.6 Å². The summed E-state index contributed by atoms with van der Waals surface area (Å²) in [6, 6.07) is 3.15. The van der Waals surface area contributed by atoms with E-state index in [-0.39, 0.29) is 43.2 Å². The van der Waals surface area contributed by atoms with Crippen LogP contribution in [0.5, 0.6) is 0 Å². The zero-order chi connectivity index (χ0) is 24.2. The van der Waals surface area contributed by atoms with Crippen molar-refractivity contribution in [3.8, 4) is 0 Å². The highest BCUT2D eigenvalue weighted by molar-refractivity contribution is 7.89. The normalized spacial score (nSPS) is 29.7. The van der Waals surface area contributed by atoms with Gasteiger partial charge in [0, 0.05) is 37.8 Å². The van der Waals surface area contributed by atoms with Crippen LogP contribution in [-0.2, 0) is 19.6 Å². The molecule has 3 aliphatic heterocycles. The molecule has 0 aliphatic carbocycles. The monoisotopic (exact) mass is 494 g/mol. The van der Waals surface area contributed by atoms with Gasteiger partial charge in [-0.1, -0.05) is 12.2 Å². The Kier molecular flexibility index (Phi) is 7.66. The fourth-order valence-electron chi connectivity index (χ4n) is 4.72. The Morgan fingerprint density at radius 1 is 1.18 bits per heavy atom. The maximum atomic E-state index is 14.4. The van der Waals surface area contributed by atoms with Crippen LogP contribution in [0.1, 0.15) is 36.0 Å². The van der Waals surface area contributed by atoms with Gasteiger partial charge in [-0.2, -0.15) is 0 Å². The summed E-state index contributed by atoms with van der Waals surface area (Å²) in [5.41, 5.74) is -0.586. The van der Waals surface area contributed by atoms with Crippen LogP contribution in [-0.4, -0.2) is 77.1 Å². The van der Waals surface area contributed by atoms with E-state index in [2.05, 4.69) is 15.4 Å². The van der Waals surface area contributed by atoms with E-state index < -0.39 is 26.2 Å². The summed E-state index contributed by atoms with van der Waals surface area (Å²) < 4.78 is 47.8. The minimum Gasteiger partial charge on any atom is -0.376 e. The van der Waals surface area contributed by atoms with Crippen LogP contribution >= 0.6 is 0 Å². The Morgan fingerprint density at radius 3 is 2.82 bits per heavy atom. The molecule has 1 aromatic carbocycles. The molecule has 0 saturated carbocycles. The number of sulfonamides is 1. The van der Waals surface area contributed by atoms with Crippen LogP contribution in [0, 0.1) is 11.2 Å². The van der Waals surface area contributed by atoms with Crippen LogP contribution in [0.15, 0.2) is 35.2 Å². The first-order chi connectivity index (χ1) is 16.3. The molecule has 2 saturated heterocycles. The maximum Gasteiger partial charge on any atom is 0.254 e. The number of carbonyl (C=O) groups excluding carboxylic acids is 2. The number of benzene rings is 1. The molecule has 4 rings (SSSR count). The Morgan fingerprint density at radius 2 is 2.03 bits per heavy atom. The molecule has 2 fully saturated rings. The van der Waals surface area contributed by atoms with E-state index in [1.54, 1.807) is 17.1 Å². The first-order valence-electron chi connectivity index (χ1n) is 11.6. The number of nitrogens with zero attached hydrogens (tertiary/aromatic N) is 1. The molecule has 186 valence electrons. The van der Waals surface area contributed by atoms with Crippen molar-refractivity contribution in [3.05, 3.63) is 41.7 Å². The number of hydrogen-bond donors (Lipinski definition) is 3. The first-order valence-corrected chi connectivity index (χ1v) is 13.1. The number of fused-ring (bicyclic) bond motifs is 3. The summed E-state index contributed by atoms with van der Waals surface area (Å²) in [4.78, 5) is 27.6. The van der Waals surface area contributed by atoms with Crippen molar-refractivity contribution in [2.75, 3.05) is 45.9 Å². The molecule has 1 aromatic rings. The van der Waals surface area contributed by atoms with Crippen LogP contribution in [0.3, 0.4) is 0 Å². The molecule has 9 nitrogen and oxygen atoms in total. The van der Waals surface area contributed by atoms with Gasteiger partial charge in [0.2, 0.25) is 15.9 Å². The lowest BCUT2D eigenvalue weighted by Gasteiger charge is -2.37. The van der Waals surface area contributed by atoms with Crippen molar-refractivity contribution in [1.82, 2.24) is 20.3 Å². The molecule has 2 atom stereocenters. The molecular formula is C23H31FN4O5S. The lowest BCUT2D eigenvalue weighted by Crippen LogP contribution is -2.53. The average molecular weight is 495 g/mol. The highest BCUT2D eigenvalue weighted by atomic mass is 32.2. The molecular weight excluding hydrogens is 463 g/mol. The van der Waals surface area contributed by atoms with E-state index in [4.69, 9.17) is 4.74 Å². The van der Waals surface area contributed by atoms with Gasteiger partial charge >= 0.3 is 0 Å². The minimum atomic E-state index is -4.16. The van der Waals surface area contributed by atoms with Crippen LogP contribution in [0.4, 0.5) is 4.39 Å². The molecule has 2 unspecified atom stereocenters. The van der Waals surface area contributed by atoms with E-state index in [0.717, 1.165) is 31.5 Å². The van der Waals surface area contributed by atoms with Gasteiger partial charge in [0.05, 0.1) is 18.6 Å². The average Bonchev–Trinajstić information content (AvgIpc) is 3.31. The maximum absolute atomic E-state index is 14.4. The van der Waals surface area contributed by atoms with Gasteiger partial charge in [-0.3, -0.25) is 9.59 Å². The Bertz CT molecular complexity index is 1060. The summed E-state index contributed by atoms with van der Waals surface area (Å²) in [6.07, 6.45) is 6.29. The van der Waals surface area contributed by atoms with E-state index in [1.165, 1.54) is 6.07 Å². The predicted octanol–water partition coefficient (Wildman–Crippen LogP) is 0.781. The Labute approximate surface area is 199 Å². The second kappa shape index (κ2) is 10.5. The van der Waals surface area contributed by atoms with Crippen LogP contribution in [0.25, 0.3) is 0 Å². The second-order valence-electron chi connectivity index (χ2n) is 9.05. The standard InChI is InChI=1S/C23H31FN4O5S/c24-19-7-6-17-13-20(19)34(31,32)27-9-2-4-12-33-16-23(8-10-25-15-23)22(30)26-14-18-5-1-3-11-28(18)21(17)29/h2,4,6-7,13,18,25,27H,1,3,5,8-12,14-16H2,(H,26,30)/b4-2+. The number of ether oxygens (including phenoxy) is 1. The van der Waals surface area contributed by atoms with Crippen molar-refractivity contribution >= 4 is 21.8 Å². The summed E-state index contributed by atoms with van der Waals surface area (Å²) in [7, 11) is -4.16. The number of carbonyl (C=O) groups is 2.